The highest BCUT2D eigenvalue weighted by Gasteiger charge is 2.20. The number of carboxylic acid groups (broad SMARTS) is 1. The van der Waals surface area contributed by atoms with E-state index in [1.807, 2.05) is 12.1 Å². The molecule has 6 heteroatoms. The van der Waals surface area contributed by atoms with Gasteiger partial charge < -0.3 is 9.84 Å². The highest BCUT2D eigenvalue weighted by Crippen LogP contribution is 2.31. The summed E-state index contributed by atoms with van der Waals surface area (Å²) in [5.41, 5.74) is 2.26. The second-order valence-corrected chi connectivity index (χ2v) is 6.45. The first-order valence-corrected chi connectivity index (χ1v) is 8.60. The van der Waals surface area contributed by atoms with Crippen molar-refractivity contribution in [1.29, 1.82) is 0 Å². The van der Waals surface area contributed by atoms with Crippen LogP contribution in [0.1, 0.15) is 27.2 Å². The summed E-state index contributed by atoms with van der Waals surface area (Å²) in [6, 6.07) is 13.5. The van der Waals surface area contributed by atoms with Gasteiger partial charge in [-0.3, -0.25) is 4.98 Å². The van der Waals surface area contributed by atoms with Gasteiger partial charge in [0.05, 0.1) is 24.1 Å². The number of nitrogens with zero attached hydrogens (tertiary/aromatic N) is 1. The average Bonchev–Trinajstić information content (AvgIpc) is 2.63. The van der Waals surface area contributed by atoms with Crippen molar-refractivity contribution in [3.63, 3.8) is 0 Å². The zero-order valence-electron chi connectivity index (χ0n) is 14.8. The number of aromatic carboxylic acids is 1. The molecule has 1 N–H and O–H groups in total. The molecule has 0 aliphatic carbocycles. The zero-order valence-corrected chi connectivity index (χ0v) is 15.5. The molecule has 0 bridgehead atoms. The van der Waals surface area contributed by atoms with Crippen LogP contribution in [0.25, 0.3) is 11.3 Å². The highest BCUT2D eigenvalue weighted by atomic mass is 35.5. The molecule has 4 nitrogen and oxygen atoms in total. The van der Waals surface area contributed by atoms with Crippen molar-refractivity contribution >= 4 is 17.6 Å². The minimum atomic E-state index is -1.08. The van der Waals surface area contributed by atoms with Crippen LogP contribution >= 0.6 is 11.6 Å². The molecule has 1 heterocycles. The molecular weight excluding hydrogens is 369 g/mol. The highest BCUT2D eigenvalue weighted by molar-refractivity contribution is 6.31. The second-order valence-electron chi connectivity index (χ2n) is 6.04. The first-order chi connectivity index (χ1) is 12.9. The van der Waals surface area contributed by atoms with Crippen molar-refractivity contribution in [3.8, 4) is 17.0 Å². The van der Waals surface area contributed by atoms with E-state index in [2.05, 4.69) is 4.98 Å². The van der Waals surface area contributed by atoms with Crippen LogP contribution in [0.5, 0.6) is 5.75 Å². The number of ether oxygens (including phenoxy) is 1. The average molecular weight is 386 g/mol. The normalized spacial score (nSPS) is 10.7. The van der Waals surface area contributed by atoms with E-state index in [1.54, 1.807) is 37.3 Å². The van der Waals surface area contributed by atoms with Gasteiger partial charge in [0, 0.05) is 17.0 Å². The molecule has 0 saturated carbocycles. The molecule has 3 aromatic rings. The Morgan fingerprint density at radius 2 is 1.96 bits per heavy atom. The number of hydrogen-bond acceptors (Lipinski definition) is 3. The largest absolute Gasteiger partial charge is 0.494 e. The molecule has 0 radical (unpaired) electrons. The first kappa shape index (κ1) is 18.9. The third-order valence-corrected chi connectivity index (χ3v) is 4.65. The van der Waals surface area contributed by atoms with E-state index in [0.29, 0.717) is 22.0 Å². The fraction of sp³-hybridized carbons (Fsp3) is 0.143. The van der Waals surface area contributed by atoms with Gasteiger partial charge in [-0.15, -0.1) is 0 Å². The third kappa shape index (κ3) is 3.78. The predicted octanol–water partition coefficient (Wildman–Crippen LogP) is 5.15. The molecule has 0 fully saturated rings. The van der Waals surface area contributed by atoms with Crippen LogP contribution in [0, 0.1) is 12.7 Å². The minimum absolute atomic E-state index is 0.0990. The van der Waals surface area contributed by atoms with Gasteiger partial charge in [0.1, 0.15) is 0 Å². The van der Waals surface area contributed by atoms with Crippen molar-refractivity contribution < 1.29 is 19.0 Å². The summed E-state index contributed by atoms with van der Waals surface area (Å²) >= 11 is 6.22. The number of pyridine rings is 1. The second kappa shape index (κ2) is 7.76. The molecule has 1 aromatic heterocycles. The molecule has 0 aliphatic heterocycles. The van der Waals surface area contributed by atoms with E-state index >= 15 is 0 Å². The van der Waals surface area contributed by atoms with Crippen LogP contribution in [-0.4, -0.2) is 23.2 Å². The van der Waals surface area contributed by atoms with E-state index in [4.69, 9.17) is 16.3 Å². The summed E-state index contributed by atoms with van der Waals surface area (Å²) in [6.45, 7) is 1.67. The standard InChI is InChI=1S/C21H17ClFNO3/c1-12-10-16(14-7-5-9-18(27-2)20(14)23)24-17(19(12)21(25)26)11-13-6-3-4-8-15(13)22/h3-10H,11H2,1-2H3,(H,25,26). The Morgan fingerprint density at radius 1 is 1.22 bits per heavy atom. The van der Waals surface area contributed by atoms with Crippen molar-refractivity contribution in [3.05, 3.63) is 81.8 Å². The lowest BCUT2D eigenvalue weighted by atomic mass is 9.98. The molecular formula is C21H17ClFNO3. The maximum Gasteiger partial charge on any atom is 0.337 e. The van der Waals surface area contributed by atoms with Crippen LogP contribution in [0.15, 0.2) is 48.5 Å². The Kier molecular flexibility index (Phi) is 5.42. The van der Waals surface area contributed by atoms with Crippen molar-refractivity contribution in [2.24, 2.45) is 0 Å². The van der Waals surface area contributed by atoms with Crippen molar-refractivity contribution in [1.82, 2.24) is 4.98 Å². The maximum atomic E-state index is 14.7. The van der Waals surface area contributed by atoms with Crippen LogP contribution in [0.3, 0.4) is 0 Å². The summed E-state index contributed by atoms with van der Waals surface area (Å²) in [4.78, 5) is 16.2. The number of aromatic nitrogens is 1. The molecule has 3 rings (SSSR count). The SMILES string of the molecule is COc1cccc(-c2cc(C)c(C(=O)O)c(Cc3ccccc3Cl)n2)c1F. The van der Waals surface area contributed by atoms with Crippen LogP contribution in [0.4, 0.5) is 4.39 Å². The van der Waals surface area contributed by atoms with Crippen LogP contribution in [-0.2, 0) is 6.42 Å². The van der Waals surface area contributed by atoms with Crippen LogP contribution in [0.2, 0.25) is 5.02 Å². The van der Waals surface area contributed by atoms with E-state index in [-0.39, 0.29) is 23.3 Å². The lowest BCUT2D eigenvalue weighted by Gasteiger charge is -2.14. The summed E-state index contributed by atoms with van der Waals surface area (Å²) in [5.74, 6) is -1.53. The Morgan fingerprint density at radius 3 is 2.63 bits per heavy atom. The van der Waals surface area contributed by atoms with Gasteiger partial charge in [-0.1, -0.05) is 35.9 Å². The van der Waals surface area contributed by atoms with Gasteiger partial charge in [0.2, 0.25) is 0 Å². The van der Waals surface area contributed by atoms with Gasteiger partial charge in [-0.2, -0.15) is 0 Å². The predicted molar refractivity (Wildman–Crippen MR) is 102 cm³/mol. The lowest BCUT2D eigenvalue weighted by Crippen LogP contribution is -2.10. The molecule has 138 valence electrons. The number of halogens is 2. The molecule has 0 atom stereocenters. The van der Waals surface area contributed by atoms with E-state index in [0.717, 1.165) is 5.56 Å². The van der Waals surface area contributed by atoms with Gasteiger partial charge in [0.15, 0.2) is 11.6 Å². The molecule has 0 saturated heterocycles. The van der Waals surface area contributed by atoms with Gasteiger partial charge >= 0.3 is 5.97 Å². The number of carboxylic acids is 1. The fourth-order valence-corrected chi connectivity index (χ4v) is 3.19. The van der Waals surface area contributed by atoms with E-state index < -0.39 is 11.8 Å². The Labute approximate surface area is 161 Å². The molecule has 0 aliphatic rings. The van der Waals surface area contributed by atoms with E-state index in [9.17, 15) is 14.3 Å². The van der Waals surface area contributed by atoms with Crippen LogP contribution < -0.4 is 4.74 Å². The Balaban J connectivity index is 2.18. The monoisotopic (exact) mass is 385 g/mol. The first-order valence-electron chi connectivity index (χ1n) is 8.22. The van der Waals surface area contributed by atoms with Gasteiger partial charge in [0.25, 0.3) is 0 Å². The number of rotatable bonds is 5. The lowest BCUT2D eigenvalue weighted by molar-refractivity contribution is 0.0694. The molecule has 0 unspecified atom stereocenters. The third-order valence-electron chi connectivity index (χ3n) is 4.28. The van der Waals surface area contributed by atoms with E-state index in [1.165, 1.54) is 13.2 Å². The fourth-order valence-electron chi connectivity index (χ4n) is 2.98. The molecule has 0 spiro atoms. The smallest absolute Gasteiger partial charge is 0.337 e. The Hall–Kier alpha value is -2.92. The van der Waals surface area contributed by atoms with Gasteiger partial charge in [-0.25, -0.2) is 9.18 Å². The number of methoxy groups -OCH3 is 1. The number of aryl methyl sites for hydroxylation is 1. The zero-order chi connectivity index (χ0) is 19.6. The number of benzene rings is 2. The van der Waals surface area contributed by atoms with Crippen molar-refractivity contribution in [2.45, 2.75) is 13.3 Å². The molecule has 27 heavy (non-hydrogen) atoms. The van der Waals surface area contributed by atoms with Crippen molar-refractivity contribution in [2.75, 3.05) is 7.11 Å². The maximum absolute atomic E-state index is 14.7. The Bertz CT molecular complexity index is 1020. The van der Waals surface area contributed by atoms with Gasteiger partial charge in [-0.05, 0) is 42.3 Å². The number of hydrogen-bond donors (Lipinski definition) is 1. The quantitative estimate of drug-likeness (QED) is 0.660. The summed E-state index contributed by atoms with van der Waals surface area (Å²) < 4.78 is 19.7. The summed E-state index contributed by atoms with van der Waals surface area (Å²) in [6.07, 6.45) is 0.224. The summed E-state index contributed by atoms with van der Waals surface area (Å²) in [5, 5.41) is 10.1. The molecule has 2 aromatic carbocycles. The molecule has 0 amide bonds. The minimum Gasteiger partial charge on any atom is -0.494 e. The number of carbonyl (C=O) groups is 1. The summed E-state index contributed by atoms with van der Waals surface area (Å²) in [7, 11) is 1.39. The topological polar surface area (TPSA) is 59.4 Å².